The van der Waals surface area contributed by atoms with E-state index in [-0.39, 0.29) is 5.82 Å². The van der Waals surface area contributed by atoms with Crippen molar-refractivity contribution >= 4 is 11.4 Å². The summed E-state index contributed by atoms with van der Waals surface area (Å²) >= 11 is 0. The molecule has 4 rings (SSSR count). The molecule has 24 heavy (non-hydrogen) atoms. The van der Waals surface area contributed by atoms with Crippen LogP contribution in [0.25, 0.3) is 5.65 Å². The largest absolute Gasteiger partial charge is 0.298 e. The van der Waals surface area contributed by atoms with Gasteiger partial charge in [-0.1, -0.05) is 32.0 Å². The van der Waals surface area contributed by atoms with Gasteiger partial charge in [0.25, 0.3) is 0 Å². The summed E-state index contributed by atoms with van der Waals surface area (Å²) in [5.74, 6) is -0.174. The first kappa shape index (κ1) is 15.1. The summed E-state index contributed by atoms with van der Waals surface area (Å²) in [7, 11) is 0. The van der Waals surface area contributed by atoms with Crippen molar-refractivity contribution in [3.05, 3.63) is 71.4 Å². The second-order valence-electron chi connectivity index (χ2n) is 7.38. The van der Waals surface area contributed by atoms with Crippen molar-refractivity contribution in [2.24, 2.45) is 4.99 Å². The van der Waals surface area contributed by atoms with Gasteiger partial charge in [-0.25, -0.2) is 9.37 Å². The Morgan fingerprint density at radius 2 is 1.79 bits per heavy atom. The number of rotatable bonds is 1. The van der Waals surface area contributed by atoms with Gasteiger partial charge >= 0.3 is 0 Å². The highest BCUT2D eigenvalue weighted by atomic mass is 19.1. The molecule has 0 unspecified atom stereocenters. The molecule has 0 fully saturated rings. The van der Waals surface area contributed by atoms with Crippen molar-refractivity contribution in [1.29, 1.82) is 0 Å². The van der Waals surface area contributed by atoms with Gasteiger partial charge < -0.3 is 0 Å². The van der Waals surface area contributed by atoms with Crippen molar-refractivity contribution in [3.63, 3.8) is 0 Å². The van der Waals surface area contributed by atoms with Crippen molar-refractivity contribution in [2.45, 2.75) is 38.6 Å². The van der Waals surface area contributed by atoms with Crippen LogP contribution in [0.15, 0.2) is 53.8 Å². The fourth-order valence-electron chi connectivity index (χ4n) is 3.45. The molecule has 3 nitrogen and oxygen atoms in total. The highest BCUT2D eigenvalue weighted by Gasteiger charge is 2.45. The first-order valence-electron chi connectivity index (χ1n) is 8.14. The molecule has 1 aliphatic rings. The molecule has 0 saturated carbocycles. The fourth-order valence-corrected chi connectivity index (χ4v) is 3.45. The minimum atomic E-state index is -0.434. The zero-order chi connectivity index (χ0) is 17.1. The van der Waals surface area contributed by atoms with Gasteiger partial charge in [-0.15, -0.1) is 0 Å². The average Bonchev–Trinajstić information content (AvgIpc) is 2.95. The van der Waals surface area contributed by atoms with Crippen molar-refractivity contribution in [2.75, 3.05) is 0 Å². The Hall–Kier alpha value is -2.49. The molecule has 0 bridgehead atoms. The van der Waals surface area contributed by atoms with Gasteiger partial charge in [-0.3, -0.25) is 9.39 Å². The molecular weight excluding hydrogens is 301 g/mol. The minimum Gasteiger partial charge on any atom is -0.298 e. The van der Waals surface area contributed by atoms with E-state index in [9.17, 15) is 4.39 Å². The number of hydrogen-bond acceptors (Lipinski definition) is 2. The van der Waals surface area contributed by atoms with Crippen LogP contribution in [0, 0.1) is 5.82 Å². The molecular formula is C20H20FN3. The summed E-state index contributed by atoms with van der Waals surface area (Å²) in [4.78, 5) is 9.49. The predicted molar refractivity (Wildman–Crippen MR) is 94.3 cm³/mol. The maximum Gasteiger partial charge on any atom is 0.137 e. The number of benzene rings is 1. The number of pyridine rings is 1. The summed E-state index contributed by atoms with van der Waals surface area (Å²) in [5.41, 5.74) is 3.29. The SMILES string of the molecule is CC1(C)N=C(c2cnc3ccccn23)c2cccc(F)c2C1(C)C. The number of fused-ring (bicyclic) bond motifs is 2. The van der Waals surface area contributed by atoms with Crippen LogP contribution in [0.1, 0.15) is 44.5 Å². The van der Waals surface area contributed by atoms with E-state index in [2.05, 4.69) is 32.7 Å². The fraction of sp³-hybridized carbons (Fsp3) is 0.300. The maximum absolute atomic E-state index is 14.8. The number of aliphatic imine (C=N–C) groups is 1. The van der Waals surface area contributed by atoms with E-state index >= 15 is 0 Å². The number of imidazole rings is 1. The zero-order valence-electron chi connectivity index (χ0n) is 14.3. The van der Waals surface area contributed by atoms with Gasteiger partial charge in [0.1, 0.15) is 11.5 Å². The van der Waals surface area contributed by atoms with Crippen LogP contribution < -0.4 is 0 Å². The number of hydrogen-bond donors (Lipinski definition) is 0. The first-order chi connectivity index (χ1) is 11.3. The zero-order valence-corrected chi connectivity index (χ0v) is 14.3. The molecule has 0 atom stereocenters. The molecule has 0 saturated heterocycles. The Morgan fingerprint density at radius 1 is 1.00 bits per heavy atom. The van der Waals surface area contributed by atoms with Crippen molar-refractivity contribution < 1.29 is 4.39 Å². The smallest absolute Gasteiger partial charge is 0.137 e. The lowest BCUT2D eigenvalue weighted by Gasteiger charge is -2.44. The van der Waals surface area contributed by atoms with Gasteiger partial charge in [0.05, 0.1) is 23.1 Å². The van der Waals surface area contributed by atoms with Crippen LogP contribution in [0.3, 0.4) is 0 Å². The van der Waals surface area contributed by atoms with Crippen LogP contribution in [0.5, 0.6) is 0 Å². The Bertz CT molecular complexity index is 979. The van der Waals surface area contributed by atoms with Gasteiger partial charge in [0.2, 0.25) is 0 Å². The normalized spacial score (nSPS) is 18.3. The molecule has 0 N–H and O–H groups in total. The van der Waals surface area contributed by atoms with Crippen LogP contribution in [-0.2, 0) is 5.41 Å². The topological polar surface area (TPSA) is 29.7 Å². The predicted octanol–water partition coefficient (Wildman–Crippen LogP) is 4.38. The Kier molecular flexibility index (Phi) is 2.99. The van der Waals surface area contributed by atoms with E-state index in [4.69, 9.17) is 4.99 Å². The lowest BCUT2D eigenvalue weighted by molar-refractivity contribution is 0.293. The first-order valence-corrected chi connectivity index (χ1v) is 8.14. The molecule has 122 valence electrons. The maximum atomic E-state index is 14.8. The van der Waals surface area contributed by atoms with Crippen molar-refractivity contribution in [3.8, 4) is 0 Å². The molecule has 1 aliphatic heterocycles. The summed E-state index contributed by atoms with van der Waals surface area (Å²) < 4.78 is 16.8. The van der Waals surface area contributed by atoms with E-state index in [1.165, 1.54) is 6.07 Å². The number of nitrogens with zero attached hydrogens (tertiary/aromatic N) is 3. The Morgan fingerprint density at radius 3 is 2.58 bits per heavy atom. The summed E-state index contributed by atoms with van der Waals surface area (Å²) in [6.07, 6.45) is 3.78. The molecule has 0 spiro atoms. The van der Waals surface area contributed by atoms with Gasteiger partial charge in [0.15, 0.2) is 0 Å². The van der Waals surface area contributed by atoms with Crippen LogP contribution in [0.2, 0.25) is 0 Å². The second kappa shape index (κ2) is 4.76. The van der Waals surface area contributed by atoms with E-state index in [1.807, 2.05) is 41.1 Å². The molecule has 0 aliphatic carbocycles. The molecule has 2 aromatic heterocycles. The summed E-state index contributed by atoms with van der Waals surface area (Å²) in [6.45, 7) is 8.24. The molecule has 1 aromatic carbocycles. The second-order valence-corrected chi connectivity index (χ2v) is 7.38. The number of halogens is 1. The average molecular weight is 321 g/mol. The summed E-state index contributed by atoms with van der Waals surface area (Å²) in [6, 6.07) is 11.1. The standard InChI is InChI=1S/C20H20FN3/c1-19(2)17-13(8-7-9-14(17)21)18(23-20(19,3)4)15-12-22-16-10-5-6-11-24(15)16/h5-12H,1-4H3. The third kappa shape index (κ3) is 1.89. The van der Waals surface area contributed by atoms with Crippen LogP contribution in [-0.4, -0.2) is 20.6 Å². The summed E-state index contributed by atoms with van der Waals surface area (Å²) in [5, 5.41) is 0. The third-order valence-electron chi connectivity index (χ3n) is 5.47. The van der Waals surface area contributed by atoms with Gasteiger partial charge in [0, 0.05) is 22.7 Å². The molecule has 0 radical (unpaired) electrons. The van der Waals surface area contributed by atoms with E-state index in [1.54, 1.807) is 6.07 Å². The molecule has 3 aromatic rings. The van der Waals surface area contributed by atoms with E-state index in [0.29, 0.717) is 0 Å². The highest BCUT2D eigenvalue weighted by molar-refractivity contribution is 6.14. The highest BCUT2D eigenvalue weighted by Crippen LogP contribution is 2.44. The van der Waals surface area contributed by atoms with E-state index in [0.717, 1.165) is 28.2 Å². The lowest BCUT2D eigenvalue weighted by Crippen LogP contribution is -2.47. The lowest BCUT2D eigenvalue weighted by atomic mass is 9.66. The van der Waals surface area contributed by atoms with Crippen LogP contribution >= 0.6 is 0 Å². The monoisotopic (exact) mass is 321 g/mol. The molecule has 0 amide bonds. The van der Waals surface area contributed by atoms with E-state index < -0.39 is 11.0 Å². The quantitative estimate of drug-likeness (QED) is 0.654. The Labute approximate surface area is 140 Å². The molecule has 3 heterocycles. The van der Waals surface area contributed by atoms with Crippen LogP contribution in [0.4, 0.5) is 4.39 Å². The minimum absolute atomic E-state index is 0.174. The van der Waals surface area contributed by atoms with Gasteiger partial charge in [-0.05, 0) is 32.0 Å². The third-order valence-corrected chi connectivity index (χ3v) is 5.47. The van der Waals surface area contributed by atoms with Crippen molar-refractivity contribution in [1.82, 2.24) is 9.38 Å². The molecule has 4 heteroatoms. The Balaban J connectivity index is 2.07. The van der Waals surface area contributed by atoms with Gasteiger partial charge in [-0.2, -0.15) is 0 Å². The number of aromatic nitrogens is 2.